The first-order valence-corrected chi connectivity index (χ1v) is 12.0. The first kappa shape index (κ1) is 22.7. The van der Waals surface area contributed by atoms with Gasteiger partial charge in [0.25, 0.3) is 21.5 Å². The topological polar surface area (TPSA) is 175 Å². The Balaban J connectivity index is 2.20. The predicted octanol–water partition coefficient (Wildman–Crippen LogP) is -0.551. The first-order chi connectivity index (χ1) is 14.0. The molecule has 0 saturated heterocycles. The van der Waals surface area contributed by atoms with Gasteiger partial charge in [-0.2, -0.15) is 8.42 Å². The Morgan fingerprint density at radius 2 is 1.77 bits per heavy atom. The van der Waals surface area contributed by atoms with Gasteiger partial charge in [-0.3, -0.25) is 23.7 Å². The summed E-state index contributed by atoms with van der Waals surface area (Å²) < 4.78 is 57.1. The van der Waals surface area contributed by atoms with Crippen LogP contribution in [0.1, 0.15) is 25.0 Å². The van der Waals surface area contributed by atoms with Crippen molar-refractivity contribution in [2.24, 2.45) is 0 Å². The van der Waals surface area contributed by atoms with Crippen LogP contribution in [0.3, 0.4) is 0 Å². The molecule has 1 amide bonds. The van der Waals surface area contributed by atoms with E-state index in [1.54, 1.807) is 13.8 Å². The minimum atomic E-state index is -4.54. The molecule has 1 aliphatic rings. The molecule has 1 aliphatic heterocycles. The molecule has 3 N–H and O–H groups in total. The Labute approximate surface area is 177 Å². The zero-order valence-electron chi connectivity index (χ0n) is 16.5. The molecule has 0 unspecified atom stereocenters. The Hall–Kier alpha value is -3.03. The lowest BCUT2D eigenvalue weighted by molar-refractivity contribution is -0.118. The van der Waals surface area contributed by atoms with Gasteiger partial charge in [-0.1, -0.05) is 13.8 Å². The number of benzene rings is 1. The maximum absolute atomic E-state index is 12.3. The summed E-state index contributed by atoms with van der Waals surface area (Å²) in [6.45, 7) is 2.72. The van der Waals surface area contributed by atoms with Crippen LogP contribution in [0.25, 0.3) is 6.08 Å². The quantitative estimate of drug-likeness (QED) is 0.380. The number of amides is 1. The number of nitrogens with one attached hydrogen (secondary N) is 1. The van der Waals surface area contributed by atoms with Crippen molar-refractivity contribution in [3.63, 3.8) is 0 Å². The largest absolute Gasteiger partial charge is 0.504 e. The number of carbonyl (C=O) groups excluding carboxylic acids is 1. The Kier molecular flexibility index (Phi) is 5.12. The highest BCUT2D eigenvalue weighted by molar-refractivity contribution is 7.89. The van der Waals surface area contributed by atoms with Crippen LogP contribution in [0.5, 0.6) is 5.75 Å². The van der Waals surface area contributed by atoms with Gasteiger partial charge in [-0.15, -0.1) is 0 Å². The molecule has 1 heterocycles. The van der Waals surface area contributed by atoms with E-state index in [1.165, 1.54) is 23.1 Å². The van der Waals surface area contributed by atoms with E-state index in [9.17, 15) is 40.9 Å². The van der Waals surface area contributed by atoms with Crippen molar-refractivity contribution >= 4 is 37.8 Å². The van der Waals surface area contributed by atoms with Crippen molar-refractivity contribution in [3.05, 3.63) is 55.5 Å². The Bertz CT molecular complexity index is 1430. The predicted molar refractivity (Wildman–Crippen MR) is 111 cm³/mol. The van der Waals surface area contributed by atoms with Gasteiger partial charge in [-0.25, -0.2) is 8.42 Å². The monoisotopic (exact) mass is 470 g/mol. The second kappa shape index (κ2) is 7.00. The van der Waals surface area contributed by atoms with Gasteiger partial charge in [-0.05, 0) is 29.8 Å². The first-order valence-electron chi connectivity index (χ1n) is 8.68. The number of allylic oxidation sites excluding steroid dienone is 1. The minimum Gasteiger partial charge on any atom is -0.504 e. The highest BCUT2D eigenvalue weighted by Gasteiger charge is 2.42. The molecule has 3 rings (SSSR count). The van der Waals surface area contributed by atoms with E-state index in [0.29, 0.717) is 11.3 Å². The lowest BCUT2D eigenvalue weighted by Crippen LogP contribution is -2.40. The molecule has 11 nitrogen and oxygen atoms in total. The third-order valence-corrected chi connectivity index (χ3v) is 6.41. The number of hydrogen-bond acceptors (Lipinski definition) is 9. The number of hydrogen-bond donors (Lipinski definition) is 3. The molecule has 13 heteroatoms. The number of aromatic hydroxyl groups is 1. The summed E-state index contributed by atoms with van der Waals surface area (Å²) >= 11 is 0. The van der Waals surface area contributed by atoms with Crippen molar-refractivity contribution in [1.82, 2.24) is 4.72 Å². The van der Waals surface area contributed by atoms with E-state index in [0.717, 1.165) is 12.3 Å². The van der Waals surface area contributed by atoms with E-state index in [-0.39, 0.29) is 11.3 Å². The molecule has 2 aromatic rings. The second-order valence-electron chi connectivity index (χ2n) is 7.61. The molecule has 31 heavy (non-hydrogen) atoms. The van der Waals surface area contributed by atoms with E-state index < -0.39 is 59.5 Å². The summed E-state index contributed by atoms with van der Waals surface area (Å²) in [5.41, 5.74) is -2.46. The highest BCUT2D eigenvalue weighted by Crippen LogP contribution is 2.49. The summed E-state index contributed by atoms with van der Waals surface area (Å²) in [7, 11) is -8.40. The molecular formula is C18H18N2O9S2. The molecule has 0 aromatic heterocycles. The van der Waals surface area contributed by atoms with Crippen molar-refractivity contribution in [1.29, 1.82) is 0 Å². The number of nitrogens with zero attached hydrogens (tertiary/aromatic N) is 1. The van der Waals surface area contributed by atoms with Crippen molar-refractivity contribution < 1.29 is 31.3 Å². The van der Waals surface area contributed by atoms with Gasteiger partial charge in [0.2, 0.25) is 15.5 Å². The Morgan fingerprint density at radius 3 is 2.29 bits per heavy atom. The van der Waals surface area contributed by atoms with Crippen LogP contribution in [0.4, 0.5) is 5.69 Å². The molecule has 0 saturated carbocycles. The third kappa shape index (κ3) is 3.98. The van der Waals surface area contributed by atoms with E-state index in [1.807, 2.05) is 4.72 Å². The maximum Gasteiger partial charge on any atom is 0.294 e. The smallest absolute Gasteiger partial charge is 0.294 e. The number of carbonyl (C=O) groups is 1. The van der Waals surface area contributed by atoms with Crippen LogP contribution in [-0.4, -0.2) is 45.2 Å². The summed E-state index contributed by atoms with van der Waals surface area (Å²) in [5, 5.41) is 9.74. The van der Waals surface area contributed by atoms with E-state index >= 15 is 0 Å². The standard InChI is InChI=1S/C18H18N2O9S2/c1-18(2)11-6-9(31(27,28)29)4-5-12(11)20(8-14(21)19-30(3,25)26)13(18)7-10-15(22)17(24)16(10)23/h4-7,22H,8H2,1-3H3,(H,19,21)(H,27,28,29)/b13-7-. The fourth-order valence-corrected chi connectivity index (χ4v) is 4.48. The van der Waals surface area contributed by atoms with E-state index in [4.69, 9.17) is 0 Å². The third-order valence-electron chi connectivity index (χ3n) is 4.96. The fraction of sp³-hybridized carbons (Fsp3) is 0.278. The molecule has 166 valence electrons. The van der Waals surface area contributed by atoms with Crippen molar-refractivity contribution in [2.45, 2.75) is 24.2 Å². The molecule has 0 bridgehead atoms. The summed E-state index contributed by atoms with van der Waals surface area (Å²) in [5.74, 6) is -1.66. The molecule has 0 aliphatic carbocycles. The number of rotatable bonds is 5. The van der Waals surface area contributed by atoms with Crippen LogP contribution in [0.2, 0.25) is 0 Å². The zero-order valence-corrected chi connectivity index (χ0v) is 18.2. The zero-order chi connectivity index (χ0) is 23.5. The molecule has 0 spiro atoms. The lowest BCUT2D eigenvalue weighted by Gasteiger charge is -2.27. The van der Waals surface area contributed by atoms with Gasteiger partial charge >= 0.3 is 0 Å². The van der Waals surface area contributed by atoms with Gasteiger partial charge in [0, 0.05) is 16.8 Å². The highest BCUT2D eigenvalue weighted by atomic mass is 32.2. The van der Waals surface area contributed by atoms with Crippen LogP contribution in [-0.2, 0) is 30.4 Å². The fourth-order valence-electron chi connectivity index (χ4n) is 3.50. The number of anilines is 1. The minimum absolute atomic E-state index is 0.223. The molecule has 0 fully saturated rings. The lowest BCUT2D eigenvalue weighted by atomic mass is 9.83. The van der Waals surface area contributed by atoms with Crippen LogP contribution in [0, 0.1) is 0 Å². The van der Waals surface area contributed by atoms with Crippen molar-refractivity contribution in [3.8, 4) is 5.75 Å². The van der Waals surface area contributed by atoms with Gasteiger partial charge in [0.1, 0.15) is 6.54 Å². The number of sulfonamides is 1. The maximum atomic E-state index is 12.3. The van der Waals surface area contributed by atoms with Gasteiger partial charge in [0.05, 0.1) is 16.7 Å². The molecular weight excluding hydrogens is 452 g/mol. The van der Waals surface area contributed by atoms with Crippen molar-refractivity contribution in [2.75, 3.05) is 17.7 Å². The Morgan fingerprint density at radius 1 is 1.16 bits per heavy atom. The summed E-state index contributed by atoms with van der Waals surface area (Å²) in [4.78, 5) is 36.4. The molecule has 0 atom stereocenters. The van der Waals surface area contributed by atoms with Crippen LogP contribution in [0.15, 0.2) is 38.4 Å². The van der Waals surface area contributed by atoms with Crippen LogP contribution >= 0.6 is 0 Å². The van der Waals surface area contributed by atoms with Gasteiger partial charge < -0.3 is 10.0 Å². The average molecular weight is 470 g/mol. The van der Waals surface area contributed by atoms with E-state index in [2.05, 4.69) is 0 Å². The normalized spacial score (nSPS) is 17.2. The van der Waals surface area contributed by atoms with Gasteiger partial charge in [0.15, 0.2) is 5.75 Å². The second-order valence-corrected chi connectivity index (χ2v) is 10.8. The SMILES string of the molecule is CC1(C)/C(=C/c2c(O)c(=O)c2=O)N(CC(=O)NS(C)(=O)=O)c2ccc(S(=O)(=O)O)cc21. The molecule has 0 radical (unpaired) electrons. The van der Waals surface area contributed by atoms with Crippen LogP contribution < -0.4 is 20.5 Å². The summed E-state index contributed by atoms with van der Waals surface area (Å²) in [6.07, 6.45) is 1.99. The summed E-state index contributed by atoms with van der Waals surface area (Å²) in [6, 6.07) is 3.61. The average Bonchev–Trinajstić information content (AvgIpc) is 2.83. The molecule has 2 aromatic carbocycles. The number of fused-ring (bicyclic) bond motifs is 1.